The van der Waals surface area contributed by atoms with E-state index in [2.05, 4.69) is 0 Å². The maximum atomic E-state index is 10.8. The standard InChI is InChI=1S/C11H9NO2S.Na.H/c12-8-6-9(15-10(8)11(13)14)7-4-2-1-3-5-7;;/h1-6H,12H2,(H,13,14);;/q;+1;-1. The first-order valence-corrected chi connectivity index (χ1v) is 5.18. The molecule has 3 N–H and O–H groups in total. The fraction of sp³-hybridized carbons (Fsp3) is 0. The van der Waals surface area contributed by atoms with Crippen molar-refractivity contribution in [2.75, 3.05) is 5.73 Å². The van der Waals surface area contributed by atoms with Crippen molar-refractivity contribution in [3.63, 3.8) is 0 Å². The summed E-state index contributed by atoms with van der Waals surface area (Å²) in [5, 5.41) is 8.86. The first kappa shape index (κ1) is 13.3. The van der Waals surface area contributed by atoms with E-state index in [1.54, 1.807) is 6.07 Å². The third kappa shape index (κ3) is 2.65. The summed E-state index contributed by atoms with van der Waals surface area (Å²) in [6.45, 7) is 0. The van der Waals surface area contributed by atoms with Crippen LogP contribution in [0.1, 0.15) is 11.1 Å². The number of benzene rings is 1. The monoisotopic (exact) mass is 243 g/mol. The molecule has 0 saturated heterocycles. The van der Waals surface area contributed by atoms with Crippen molar-refractivity contribution in [2.45, 2.75) is 0 Å². The van der Waals surface area contributed by atoms with Crippen LogP contribution in [0, 0.1) is 0 Å². The second-order valence-corrected chi connectivity index (χ2v) is 4.12. The summed E-state index contributed by atoms with van der Waals surface area (Å²) in [5.41, 5.74) is 6.92. The van der Waals surface area contributed by atoms with E-state index in [9.17, 15) is 4.79 Å². The molecule has 1 aromatic carbocycles. The molecule has 0 unspecified atom stereocenters. The van der Waals surface area contributed by atoms with Crippen molar-refractivity contribution >= 4 is 23.0 Å². The number of carboxylic acids is 1. The number of nitrogens with two attached hydrogens (primary N) is 1. The van der Waals surface area contributed by atoms with Gasteiger partial charge in [0.2, 0.25) is 0 Å². The summed E-state index contributed by atoms with van der Waals surface area (Å²) in [4.78, 5) is 11.9. The molecule has 0 aliphatic heterocycles. The van der Waals surface area contributed by atoms with Gasteiger partial charge < -0.3 is 12.3 Å². The maximum absolute atomic E-state index is 10.8. The van der Waals surface area contributed by atoms with Gasteiger partial charge in [0.15, 0.2) is 0 Å². The van der Waals surface area contributed by atoms with Gasteiger partial charge in [-0.05, 0) is 11.6 Å². The van der Waals surface area contributed by atoms with Gasteiger partial charge in [-0.2, -0.15) is 0 Å². The van der Waals surface area contributed by atoms with Gasteiger partial charge in [0.25, 0.3) is 0 Å². The van der Waals surface area contributed by atoms with Crippen LogP contribution in [-0.2, 0) is 0 Å². The molecule has 1 aromatic heterocycles. The average Bonchev–Trinajstić information content (AvgIpc) is 2.62. The number of aromatic carboxylic acids is 1. The Morgan fingerprint density at radius 2 is 1.94 bits per heavy atom. The number of carbonyl (C=O) groups is 1. The zero-order valence-electron chi connectivity index (χ0n) is 9.81. The number of nitrogen functional groups attached to an aromatic ring is 1. The molecule has 0 fully saturated rings. The molecule has 0 amide bonds. The molecule has 2 rings (SSSR count). The zero-order chi connectivity index (χ0) is 10.8. The summed E-state index contributed by atoms with van der Waals surface area (Å²) in [6, 6.07) is 11.3. The van der Waals surface area contributed by atoms with E-state index in [1.165, 1.54) is 11.3 Å². The molecule has 0 bridgehead atoms. The molecule has 0 aliphatic rings. The van der Waals surface area contributed by atoms with Gasteiger partial charge in [-0.1, -0.05) is 30.3 Å². The molecule has 2 aromatic rings. The number of carboxylic acid groups (broad SMARTS) is 1. The molecule has 0 saturated carbocycles. The first-order valence-electron chi connectivity index (χ1n) is 4.36. The Kier molecular flexibility index (Phi) is 4.56. The van der Waals surface area contributed by atoms with E-state index in [0.29, 0.717) is 5.69 Å². The average molecular weight is 243 g/mol. The smallest absolute Gasteiger partial charge is 1.00 e. The molecule has 0 radical (unpaired) electrons. The Morgan fingerprint density at radius 1 is 1.31 bits per heavy atom. The van der Waals surface area contributed by atoms with E-state index in [1.807, 2.05) is 30.3 Å². The topological polar surface area (TPSA) is 63.3 Å². The third-order valence-electron chi connectivity index (χ3n) is 2.01. The van der Waals surface area contributed by atoms with Crippen LogP contribution in [0.5, 0.6) is 0 Å². The molecule has 1 heterocycles. The van der Waals surface area contributed by atoms with Gasteiger partial charge in [0.05, 0.1) is 5.69 Å². The van der Waals surface area contributed by atoms with E-state index in [4.69, 9.17) is 10.8 Å². The Balaban J connectivity index is 0.00000128. The van der Waals surface area contributed by atoms with Gasteiger partial charge in [-0.25, -0.2) is 4.79 Å². The fourth-order valence-electron chi connectivity index (χ4n) is 1.32. The molecular formula is C11H10NNaO2S. The molecular weight excluding hydrogens is 233 g/mol. The van der Waals surface area contributed by atoms with E-state index in [-0.39, 0.29) is 35.9 Å². The Hall–Kier alpha value is -0.810. The number of anilines is 1. The van der Waals surface area contributed by atoms with Crippen LogP contribution in [0.2, 0.25) is 0 Å². The summed E-state index contributed by atoms with van der Waals surface area (Å²) in [5.74, 6) is -0.973. The fourth-order valence-corrected chi connectivity index (χ4v) is 2.24. The number of thiophene rings is 1. The van der Waals surface area contributed by atoms with Crippen LogP contribution in [0.4, 0.5) is 5.69 Å². The largest absolute Gasteiger partial charge is 1.00 e. The Morgan fingerprint density at radius 3 is 2.44 bits per heavy atom. The molecule has 5 heteroatoms. The van der Waals surface area contributed by atoms with E-state index < -0.39 is 5.97 Å². The van der Waals surface area contributed by atoms with Crippen LogP contribution in [-0.4, -0.2) is 11.1 Å². The number of rotatable bonds is 2. The SMILES string of the molecule is Nc1cc(-c2ccccc2)sc1C(=O)O.[H-].[Na+]. The number of hydrogen-bond donors (Lipinski definition) is 2. The van der Waals surface area contributed by atoms with Crippen molar-refractivity contribution < 1.29 is 40.9 Å². The predicted molar refractivity (Wildman–Crippen MR) is 62.2 cm³/mol. The van der Waals surface area contributed by atoms with Gasteiger partial charge >= 0.3 is 35.5 Å². The second-order valence-electron chi connectivity index (χ2n) is 3.07. The molecule has 78 valence electrons. The van der Waals surface area contributed by atoms with Crippen LogP contribution in [0.15, 0.2) is 36.4 Å². The summed E-state index contributed by atoms with van der Waals surface area (Å²) in [7, 11) is 0. The summed E-state index contributed by atoms with van der Waals surface area (Å²) in [6.07, 6.45) is 0. The summed E-state index contributed by atoms with van der Waals surface area (Å²) < 4.78 is 0. The molecule has 0 atom stereocenters. The molecule has 16 heavy (non-hydrogen) atoms. The predicted octanol–water partition coefficient (Wildman–Crippen LogP) is -0.188. The van der Waals surface area contributed by atoms with Gasteiger partial charge in [0.1, 0.15) is 4.88 Å². The Bertz CT molecular complexity index is 501. The second kappa shape index (κ2) is 5.50. The van der Waals surface area contributed by atoms with Crippen molar-refractivity contribution in [1.82, 2.24) is 0 Å². The number of hydrogen-bond acceptors (Lipinski definition) is 3. The van der Waals surface area contributed by atoms with Crippen LogP contribution >= 0.6 is 11.3 Å². The van der Waals surface area contributed by atoms with Gasteiger partial charge in [-0.3, -0.25) is 0 Å². The van der Waals surface area contributed by atoms with Crippen molar-refractivity contribution in [1.29, 1.82) is 0 Å². The minimum atomic E-state index is -0.973. The summed E-state index contributed by atoms with van der Waals surface area (Å²) >= 11 is 1.20. The van der Waals surface area contributed by atoms with Crippen LogP contribution < -0.4 is 35.3 Å². The maximum Gasteiger partial charge on any atom is 1.00 e. The minimum absolute atomic E-state index is 0. The quantitative estimate of drug-likeness (QED) is 0.719. The van der Waals surface area contributed by atoms with Crippen LogP contribution in [0.25, 0.3) is 10.4 Å². The molecule has 0 spiro atoms. The third-order valence-corrected chi connectivity index (χ3v) is 3.20. The van der Waals surface area contributed by atoms with Gasteiger partial charge in [0, 0.05) is 4.88 Å². The normalized spacial score (nSPS) is 9.50. The molecule has 3 nitrogen and oxygen atoms in total. The minimum Gasteiger partial charge on any atom is -1.00 e. The molecule has 0 aliphatic carbocycles. The van der Waals surface area contributed by atoms with E-state index >= 15 is 0 Å². The van der Waals surface area contributed by atoms with Crippen molar-refractivity contribution in [2.24, 2.45) is 0 Å². The van der Waals surface area contributed by atoms with Gasteiger partial charge in [-0.15, -0.1) is 11.3 Å². The Labute approximate surface area is 121 Å². The van der Waals surface area contributed by atoms with Crippen molar-refractivity contribution in [3.05, 3.63) is 41.3 Å². The first-order chi connectivity index (χ1) is 7.18. The van der Waals surface area contributed by atoms with E-state index in [0.717, 1.165) is 10.4 Å². The zero-order valence-corrected chi connectivity index (χ0v) is 11.6. The van der Waals surface area contributed by atoms with Crippen molar-refractivity contribution in [3.8, 4) is 10.4 Å². The van der Waals surface area contributed by atoms with Crippen LogP contribution in [0.3, 0.4) is 0 Å².